The van der Waals surface area contributed by atoms with E-state index in [9.17, 15) is 49.1 Å². The maximum atomic E-state index is 14.9. The van der Waals surface area contributed by atoms with E-state index in [-0.39, 0.29) is 34.6 Å². The Morgan fingerprint density at radius 3 is 1.92 bits per heavy atom. The van der Waals surface area contributed by atoms with Crippen LogP contribution in [0.1, 0.15) is 26.3 Å². The monoisotopic (exact) mass is 787 g/mol. The van der Waals surface area contributed by atoms with Crippen molar-refractivity contribution in [2.45, 2.75) is 23.9 Å². The first-order valence-electron chi connectivity index (χ1n) is 10.2. The number of rotatable bonds is 6. The lowest BCUT2D eigenvalue weighted by Gasteiger charge is -2.36. The number of aromatic nitrogens is 1. The number of benzene rings is 2. The molecule has 0 saturated carbocycles. The van der Waals surface area contributed by atoms with Gasteiger partial charge in [0.1, 0.15) is 0 Å². The molecular formula is C23H12F9I2N3O2. The standard InChI is InChI=1S/C23H12F9I2N3O2/c24-20(22(27,28)29,21(25,26)23(30,31)32)12-8-14(33)17(15(34)9-12)37-19(39)11-4-1-3-10(7-11)16-13(18(35)38)5-2-6-36-16/h1-9H,(H2,35,38)(H,37,39). The van der Waals surface area contributed by atoms with Gasteiger partial charge in [-0.05, 0) is 81.6 Å². The number of nitrogens with zero attached hydrogens (tertiary/aromatic N) is 1. The molecular weight excluding hydrogens is 775 g/mol. The molecule has 3 N–H and O–H groups in total. The molecule has 2 aromatic carbocycles. The minimum Gasteiger partial charge on any atom is -0.366 e. The van der Waals surface area contributed by atoms with Crippen LogP contribution in [-0.4, -0.2) is 35.1 Å². The Labute approximate surface area is 240 Å². The summed E-state index contributed by atoms with van der Waals surface area (Å²) in [4.78, 5) is 28.7. The first-order valence-corrected chi connectivity index (χ1v) is 12.3. The lowest BCUT2D eigenvalue weighted by Crippen LogP contribution is -2.59. The Morgan fingerprint density at radius 2 is 1.41 bits per heavy atom. The number of primary amides is 1. The number of hydrogen-bond donors (Lipinski definition) is 2. The predicted molar refractivity (Wildman–Crippen MR) is 138 cm³/mol. The van der Waals surface area contributed by atoms with Gasteiger partial charge in [0.2, 0.25) is 0 Å². The molecule has 16 heteroatoms. The molecule has 1 aromatic heterocycles. The van der Waals surface area contributed by atoms with Gasteiger partial charge in [-0.2, -0.15) is 35.1 Å². The molecule has 0 aliphatic carbocycles. The smallest absolute Gasteiger partial charge is 0.366 e. The van der Waals surface area contributed by atoms with Crippen LogP contribution in [0.15, 0.2) is 54.7 Å². The zero-order valence-electron chi connectivity index (χ0n) is 18.7. The molecule has 2 amide bonds. The Balaban J connectivity index is 2.03. The van der Waals surface area contributed by atoms with Crippen LogP contribution in [0.3, 0.4) is 0 Å². The summed E-state index contributed by atoms with van der Waals surface area (Å²) in [5, 5.41) is 2.32. The fourth-order valence-electron chi connectivity index (χ4n) is 3.44. The van der Waals surface area contributed by atoms with Crippen LogP contribution in [0.25, 0.3) is 11.3 Å². The Morgan fingerprint density at radius 1 is 0.821 bits per heavy atom. The van der Waals surface area contributed by atoms with Crippen LogP contribution in [-0.2, 0) is 5.67 Å². The molecule has 0 bridgehead atoms. The van der Waals surface area contributed by atoms with Crippen molar-refractivity contribution in [3.63, 3.8) is 0 Å². The molecule has 3 aromatic rings. The van der Waals surface area contributed by atoms with E-state index in [1.54, 1.807) is 0 Å². The number of amides is 2. The van der Waals surface area contributed by atoms with Crippen molar-refractivity contribution in [1.82, 2.24) is 4.98 Å². The Kier molecular flexibility index (Phi) is 8.50. The number of carbonyl (C=O) groups excluding carboxylic acids is 2. The van der Waals surface area contributed by atoms with Crippen molar-refractivity contribution in [1.29, 1.82) is 0 Å². The number of anilines is 1. The van der Waals surface area contributed by atoms with Crippen molar-refractivity contribution in [3.05, 3.63) is 78.6 Å². The molecule has 0 aliphatic heterocycles. The molecule has 0 fully saturated rings. The summed E-state index contributed by atoms with van der Waals surface area (Å²) in [6, 6.07) is 8.71. The summed E-state index contributed by atoms with van der Waals surface area (Å²) in [5.41, 5.74) is -2.62. The first kappa shape index (κ1) is 30.9. The van der Waals surface area contributed by atoms with Gasteiger partial charge in [-0.15, -0.1) is 0 Å². The molecule has 3 rings (SSSR count). The topological polar surface area (TPSA) is 85.1 Å². The van der Waals surface area contributed by atoms with E-state index in [4.69, 9.17) is 5.73 Å². The quantitative estimate of drug-likeness (QED) is 0.204. The second kappa shape index (κ2) is 10.7. The van der Waals surface area contributed by atoms with Crippen molar-refractivity contribution in [3.8, 4) is 11.3 Å². The highest BCUT2D eigenvalue weighted by atomic mass is 127. The van der Waals surface area contributed by atoms with Crippen molar-refractivity contribution >= 4 is 62.7 Å². The zero-order chi connectivity index (χ0) is 29.6. The molecule has 0 aliphatic rings. The van der Waals surface area contributed by atoms with Crippen LogP contribution < -0.4 is 11.1 Å². The maximum Gasteiger partial charge on any atom is 0.457 e. The molecule has 208 valence electrons. The molecule has 0 radical (unpaired) electrons. The van der Waals surface area contributed by atoms with Gasteiger partial charge < -0.3 is 11.1 Å². The number of nitrogens with one attached hydrogen (secondary N) is 1. The number of alkyl halides is 9. The van der Waals surface area contributed by atoms with Gasteiger partial charge in [-0.3, -0.25) is 14.6 Å². The first-order chi connectivity index (χ1) is 17.8. The number of nitrogens with two attached hydrogens (primary N) is 1. The third kappa shape index (κ3) is 5.66. The van der Waals surface area contributed by atoms with Crippen LogP contribution in [0.2, 0.25) is 0 Å². The van der Waals surface area contributed by atoms with Crippen LogP contribution in [0.5, 0.6) is 0 Å². The third-order valence-electron chi connectivity index (χ3n) is 5.33. The van der Waals surface area contributed by atoms with E-state index in [2.05, 4.69) is 10.3 Å². The summed E-state index contributed by atoms with van der Waals surface area (Å²) >= 11 is 2.54. The van der Waals surface area contributed by atoms with Crippen molar-refractivity contribution in [2.75, 3.05) is 5.32 Å². The largest absolute Gasteiger partial charge is 0.457 e. The average Bonchev–Trinajstić information content (AvgIpc) is 2.84. The second-order valence-corrected chi connectivity index (χ2v) is 10.2. The highest BCUT2D eigenvalue weighted by Gasteiger charge is 2.81. The fourth-order valence-corrected chi connectivity index (χ4v) is 5.48. The third-order valence-corrected chi connectivity index (χ3v) is 7.03. The number of carbonyl (C=O) groups is 2. The van der Waals surface area contributed by atoms with E-state index in [0.29, 0.717) is 5.56 Å². The Hall–Kier alpha value is -2.64. The highest BCUT2D eigenvalue weighted by molar-refractivity contribution is 14.1. The zero-order valence-corrected chi connectivity index (χ0v) is 23.0. The van der Waals surface area contributed by atoms with Gasteiger partial charge in [-0.25, -0.2) is 4.39 Å². The van der Waals surface area contributed by atoms with Gasteiger partial charge in [0, 0.05) is 30.0 Å². The molecule has 39 heavy (non-hydrogen) atoms. The van der Waals surface area contributed by atoms with Crippen LogP contribution in [0.4, 0.5) is 45.2 Å². The molecule has 1 unspecified atom stereocenters. The van der Waals surface area contributed by atoms with E-state index < -0.39 is 48.5 Å². The molecule has 1 atom stereocenters. The summed E-state index contributed by atoms with van der Waals surface area (Å²) in [6.45, 7) is 0. The fraction of sp³-hybridized carbons (Fsp3) is 0.174. The van der Waals surface area contributed by atoms with Gasteiger partial charge in [0.15, 0.2) is 0 Å². The highest BCUT2D eigenvalue weighted by Crippen LogP contribution is 2.58. The van der Waals surface area contributed by atoms with E-state index in [0.717, 1.165) is 0 Å². The number of pyridine rings is 1. The summed E-state index contributed by atoms with van der Waals surface area (Å²) < 4.78 is 120. The molecule has 1 heterocycles. The summed E-state index contributed by atoms with van der Waals surface area (Å²) in [6.07, 6.45) is -12.2. The van der Waals surface area contributed by atoms with E-state index in [1.165, 1.54) is 87.8 Å². The van der Waals surface area contributed by atoms with Gasteiger partial charge >= 0.3 is 23.9 Å². The second-order valence-electron chi connectivity index (χ2n) is 7.84. The Bertz CT molecular complexity index is 1420. The van der Waals surface area contributed by atoms with E-state index >= 15 is 0 Å². The maximum absolute atomic E-state index is 14.9. The van der Waals surface area contributed by atoms with E-state index in [1.807, 2.05) is 0 Å². The van der Waals surface area contributed by atoms with Crippen molar-refractivity contribution in [2.24, 2.45) is 5.73 Å². The lowest BCUT2D eigenvalue weighted by atomic mass is 9.87. The minimum absolute atomic E-state index is 0.0461. The summed E-state index contributed by atoms with van der Waals surface area (Å²) in [7, 11) is 0. The minimum atomic E-state index is -6.87. The predicted octanol–water partition coefficient (Wildman–Crippen LogP) is 7.23. The average molecular weight is 787 g/mol. The molecule has 0 saturated heterocycles. The molecule has 0 spiro atoms. The molecule has 5 nitrogen and oxygen atoms in total. The lowest BCUT2D eigenvalue weighted by molar-refractivity contribution is -0.389. The SMILES string of the molecule is NC(=O)c1cccnc1-c1cccc(C(=O)Nc2c(I)cc(C(F)(C(F)(F)F)C(F)(F)C(F)(F)F)cc2I)c1. The normalized spacial score (nSPS) is 14.0. The van der Waals surface area contributed by atoms with Crippen LogP contribution in [0, 0.1) is 7.14 Å². The summed E-state index contributed by atoms with van der Waals surface area (Å²) in [5.74, 6) is -8.50. The van der Waals surface area contributed by atoms with Gasteiger partial charge in [-0.1, -0.05) is 12.1 Å². The van der Waals surface area contributed by atoms with Gasteiger partial charge in [0.25, 0.3) is 11.8 Å². The van der Waals surface area contributed by atoms with Crippen molar-refractivity contribution < 1.29 is 49.1 Å². The number of halogens is 11. The van der Waals surface area contributed by atoms with Crippen LogP contribution >= 0.6 is 45.2 Å². The number of hydrogen-bond acceptors (Lipinski definition) is 3. The van der Waals surface area contributed by atoms with Gasteiger partial charge in [0.05, 0.1) is 16.9 Å².